The molecule has 1 atom stereocenters. The third-order valence-electron chi connectivity index (χ3n) is 2.40. The third kappa shape index (κ3) is 4.02. The quantitative estimate of drug-likeness (QED) is 0.449. The maximum absolute atomic E-state index is 6.81. The average Bonchev–Trinajstić information content (AvgIpc) is 2.03. The van der Waals surface area contributed by atoms with Crippen molar-refractivity contribution in [1.29, 1.82) is 5.41 Å². The van der Waals surface area contributed by atoms with Gasteiger partial charge in [-0.05, 0) is 11.8 Å². The summed E-state index contributed by atoms with van der Waals surface area (Å²) in [5.41, 5.74) is 0. The van der Waals surface area contributed by atoms with Crippen LogP contribution in [0.2, 0.25) is 0 Å². The van der Waals surface area contributed by atoms with Crippen molar-refractivity contribution >= 4 is 6.34 Å². The fraction of sp³-hybridized carbons (Fsp3) is 0.889. The van der Waals surface area contributed by atoms with Crippen LogP contribution in [0.1, 0.15) is 33.6 Å². The summed E-state index contributed by atoms with van der Waals surface area (Å²) in [5.74, 6) is 1.49. The molecule has 0 aliphatic carbocycles. The van der Waals surface area contributed by atoms with Crippen molar-refractivity contribution < 1.29 is 0 Å². The predicted octanol–water partition coefficient (Wildman–Crippen LogP) is 2.26. The van der Waals surface area contributed by atoms with Crippen LogP contribution >= 0.6 is 0 Å². The van der Waals surface area contributed by atoms with Crippen LogP contribution in [0.3, 0.4) is 0 Å². The van der Waals surface area contributed by atoms with Crippen LogP contribution in [0, 0.1) is 17.2 Å². The molecule has 0 amide bonds. The fourth-order valence-corrected chi connectivity index (χ4v) is 1.50. The van der Waals surface area contributed by atoms with Crippen molar-refractivity contribution in [1.82, 2.24) is 5.32 Å². The minimum Gasteiger partial charge on any atom is -0.376 e. The molecule has 0 saturated carbocycles. The number of nitrogens with one attached hydrogen (secondary N) is 2. The Balaban J connectivity index is 3.59. The molecule has 0 aromatic heterocycles. The zero-order chi connectivity index (χ0) is 8.69. The Labute approximate surface area is 69.9 Å². The van der Waals surface area contributed by atoms with Crippen molar-refractivity contribution in [3.05, 3.63) is 0 Å². The van der Waals surface area contributed by atoms with Crippen LogP contribution in [-0.2, 0) is 0 Å². The molecular weight excluding hydrogens is 136 g/mol. The van der Waals surface area contributed by atoms with E-state index < -0.39 is 0 Å². The molecule has 0 aromatic carbocycles. The van der Waals surface area contributed by atoms with Crippen molar-refractivity contribution in [3.63, 3.8) is 0 Å². The van der Waals surface area contributed by atoms with E-state index in [1.165, 1.54) is 19.2 Å². The molecule has 0 heterocycles. The first kappa shape index (κ1) is 10.5. The van der Waals surface area contributed by atoms with E-state index in [9.17, 15) is 0 Å². The summed E-state index contributed by atoms with van der Waals surface area (Å²) >= 11 is 0. The molecule has 11 heavy (non-hydrogen) atoms. The Hall–Kier alpha value is -0.530. The van der Waals surface area contributed by atoms with Gasteiger partial charge >= 0.3 is 0 Å². The van der Waals surface area contributed by atoms with Crippen molar-refractivity contribution in [2.75, 3.05) is 6.54 Å². The lowest BCUT2D eigenvalue weighted by molar-refractivity contribution is 0.336. The summed E-state index contributed by atoms with van der Waals surface area (Å²) in [6, 6.07) is 0. The zero-order valence-corrected chi connectivity index (χ0v) is 7.85. The van der Waals surface area contributed by atoms with Gasteiger partial charge in [0.25, 0.3) is 0 Å². The van der Waals surface area contributed by atoms with Crippen molar-refractivity contribution in [2.24, 2.45) is 11.8 Å². The summed E-state index contributed by atoms with van der Waals surface area (Å²) in [4.78, 5) is 0. The van der Waals surface area contributed by atoms with E-state index in [0.717, 1.165) is 12.5 Å². The molecule has 0 spiro atoms. The van der Waals surface area contributed by atoms with Crippen LogP contribution in [0.5, 0.6) is 0 Å². The normalized spacial score (nSPS) is 13.1. The van der Waals surface area contributed by atoms with Gasteiger partial charge in [0, 0.05) is 6.54 Å². The Morgan fingerprint density at radius 2 is 1.91 bits per heavy atom. The molecule has 0 saturated heterocycles. The van der Waals surface area contributed by atoms with Gasteiger partial charge in [0.05, 0.1) is 6.34 Å². The van der Waals surface area contributed by atoms with Gasteiger partial charge in [0.1, 0.15) is 0 Å². The summed E-state index contributed by atoms with van der Waals surface area (Å²) in [6.07, 6.45) is 3.77. The van der Waals surface area contributed by atoms with Gasteiger partial charge in [-0.3, -0.25) is 5.41 Å². The fourth-order valence-electron chi connectivity index (χ4n) is 1.50. The van der Waals surface area contributed by atoms with Crippen LogP contribution in [-0.4, -0.2) is 12.9 Å². The smallest absolute Gasteiger partial charge is 0.0791 e. The minimum absolute atomic E-state index is 0.687. The number of rotatable bonds is 6. The number of hydrogen-bond acceptors (Lipinski definition) is 1. The van der Waals surface area contributed by atoms with E-state index in [1.807, 2.05) is 0 Å². The maximum Gasteiger partial charge on any atom is 0.0791 e. The molecule has 0 aliphatic rings. The van der Waals surface area contributed by atoms with Gasteiger partial charge in [-0.1, -0.05) is 33.6 Å². The summed E-state index contributed by atoms with van der Waals surface area (Å²) < 4.78 is 0. The molecule has 0 radical (unpaired) electrons. The molecule has 2 heteroatoms. The van der Waals surface area contributed by atoms with Gasteiger partial charge in [-0.15, -0.1) is 0 Å². The second kappa shape index (κ2) is 6.20. The monoisotopic (exact) mass is 156 g/mol. The van der Waals surface area contributed by atoms with E-state index in [1.54, 1.807) is 0 Å². The molecule has 0 aliphatic heterocycles. The zero-order valence-electron chi connectivity index (χ0n) is 7.85. The topological polar surface area (TPSA) is 35.9 Å². The van der Waals surface area contributed by atoms with Crippen molar-refractivity contribution in [3.8, 4) is 0 Å². The molecule has 0 bridgehead atoms. The van der Waals surface area contributed by atoms with Crippen molar-refractivity contribution in [2.45, 2.75) is 33.6 Å². The lowest BCUT2D eigenvalue weighted by Gasteiger charge is -2.20. The summed E-state index contributed by atoms with van der Waals surface area (Å²) in [7, 11) is 0. The highest BCUT2D eigenvalue weighted by Crippen LogP contribution is 2.17. The first-order valence-electron chi connectivity index (χ1n) is 4.48. The second-order valence-electron chi connectivity index (χ2n) is 3.11. The minimum atomic E-state index is 0.687. The summed E-state index contributed by atoms with van der Waals surface area (Å²) in [6.45, 7) is 7.65. The van der Waals surface area contributed by atoms with Crippen LogP contribution < -0.4 is 5.32 Å². The SMILES string of the molecule is CCC(CC)C(C)CNC=N. The standard InChI is InChI=1S/C9H20N2/c1-4-9(5-2)8(3)6-11-7-10/h7-9H,4-6H2,1-3H3,(H2,10,11). The molecular formula is C9H20N2. The third-order valence-corrected chi connectivity index (χ3v) is 2.40. The second-order valence-corrected chi connectivity index (χ2v) is 3.11. The Morgan fingerprint density at radius 3 is 2.27 bits per heavy atom. The van der Waals surface area contributed by atoms with Gasteiger partial charge in [0.2, 0.25) is 0 Å². The average molecular weight is 156 g/mol. The van der Waals surface area contributed by atoms with Crippen LogP contribution in [0.15, 0.2) is 0 Å². The molecule has 2 nitrogen and oxygen atoms in total. The van der Waals surface area contributed by atoms with E-state index in [0.29, 0.717) is 5.92 Å². The first-order chi connectivity index (χ1) is 5.26. The molecule has 0 rings (SSSR count). The van der Waals surface area contributed by atoms with Gasteiger partial charge < -0.3 is 5.32 Å². The predicted molar refractivity (Wildman–Crippen MR) is 50.0 cm³/mol. The highest BCUT2D eigenvalue weighted by molar-refractivity contribution is 5.49. The first-order valence-corrected chi connectivity index (χ1v) is 4.48. The van der Waals surface area contributed by atoms with E-state index >= 15 is 0 Å². The van der Waals surface area contributed by atoms with Crippen LogP contribution in [0.4, 0.5) is 0 Å². The van der Waals surface area contributed by atoms with E-state index in [2.05, 4.69) is 26.1 Å². The Bertz CT molecular complexity index is 97.7. The maximum atomic E-state index is 6.81. The molecule has 0 aromatic rings. The number of hydrogen-bond donors (Lipinski definition) is 2. The molecule has 2 N–H and O–H groups in total. The highest BCUT2D eigenvalue weighted by Gasteiger charge is 2.11. The lowest BCUT2D eigenvalue weighted by atomic mass is 9.89. The van der Waals surface area contributed by atoms with Gasteiger partial charge in [-0.2, -0.15) is 0 Å². The largest absolute Gasteiger partial charge is 0.376 e. The molecule has 66 valence electrons. The van der Waals surface area contributed by atoms with E-state index in [4.69, 9.17) is 5.41 Å². The Kier molecular flexibility index (Phi) is 5.90. The lowest BCUT2D eigenvalue weighted by Crippen LogP contribution is -2.24. The van der Waals surface area contributed by atoms with Gasteiger partial charge in [0.15, 0.2) is 0 Å². The Morgan fingerprint density at radius 1 is 1.36 bits per heavy atom. The molecule has 0 fully saturated rings. The summed E-state index contributed by atoms with van der Waals surface area (Å²) in [5, 5.41) is 9.75. The highest BCUT2D eigenvalue weighted by atomic mass is 14.9. The van der Waals surface area contributed by atoms with E-state index in [-0.39, 0.29) is 0 Å². The van der Waals surface area contributed by atoms with Gasteiger partial charge in [-0.25, -0.2) is 0 Å². The molecule has 1 unspecified atom stereocenters. The van der Waals surface area contributed by atoms with Crippen LogP contribution in [0.25, 0.3) is 0 Å².